The second-order valence-electron chi connectivity index (χ2n) is 8.35. The molecule has 0 radical (unpaired) electrons. The number of carbonyl (C=O) groups is 1. The van der Waals surface area contributed by atoms with Crippen molar-refractivity contribution in [3.05, 3.63) is 83.2 Å². The number of ether oxygens (including phenoxy) is 1. The molecule has 0 fully saturated rings. The number of benzene rings is 3. The van der Waals surface area contributed by atoms with Crippen molar-refractivity contribution in [1.82, 2.24) is 4.98 Å². The Kier molecular flexibility index (Phi) is 8.81. The van der Waals surface area contributed by atoms with Crippen molar-refractivity contribution in [3.63, 3.8) is 0 Å². The van der Waals surface area contributed by atoms with Crippen LogP contribution in [0.15, 0.2) is 77.7 Å². The smallest absolute Gasteiger partial charge is 0.239 e. The molecular formula is C28H28N4O2S3. The summed E-state index contributed by atoms with van der Waals surface area (Å²) in [5.41, 5.74) is 4.75. The number of hydrogen-bond donors (Lipinski definition) is 3. The molecule has 190 valence electrons. The van der Waals surface area contributed by atoms with Crippen LogP contribution in [-0.2, 0) is 4.79 Å². The fourth-order valence-electron chi connectivity index (χ4n) is 3.57. The minimum Gasteiger partial charge on any atom is -0.495 e. The Morgan fingerprint density at radius 3 is 2.51 bits per heavy atom. The molecule has 1 atom stereocenters. The van der Waals surface area contributed by atoms with Gasteiger partial charge in [-0.05, 0) is 63.3 Å². The second kappa shape index (κ2) is 12.2. The van der Waals surface area contributed by atoms with Crippen molar-refractivity contribution in [3.8, 4) is 17.0 Å². The summed E-state index contributed by atoms with van der Waals surface area (Å²) in [6.07, 6.45) is 0. The lowest BCUT2D eigenvalue weighted by molar-refractivity contribution is -0.115. The van der Waals surface area contributed by atoms with Gasteiger partial charge in [0, 0.05) is 21.0 Å². The molecule has 0 aliphatic heterocycles. The number of thioether (sulfide) groups is 1. The van der Waals surface area contributed by atoms with Gasteiger partial charge in [-0.3, -0.25) is 4.79 Å². The van der Waals surface area contributed by atoms with Gasteiger partial charge in [-0.25, -0.2) is 4.98 Å². The van der Waals surface area contributed by atoms with E-state index in [0.29, 0.717) is 16.0 Å². The van der Waals surface area contributed by atoms with Crippen LogP contribution in [0, 0.1) is 13.8 Å². The fraction of sp³-hybridized carbons (Fsp3) is 0.179. The number of aryl methyl sites for hydroxylation is 2. The van der Waals surface area contributed by atoms with Crippen LogP contribution in [0.5, 0.6) is 5.75 Å². The van der Waals surface area contributed by atoms with Crippen molar-refractivity contribution in [2.45, 2.75) is 30.9 Å². The number of rotatable bonds is 8. The van der Waals surface area contributed by atoms with E-state index in [-0.39, 0.29) is 11.2 Å². The third-order valence-corrected chi connectivity index (χ3v) is 7.66. The molecule has 1 amide bonds. The van der Waals surface area contributed by atoms with Crippen molar-refractivity contribution >= 4 is 62.8 Å². The molecule has 0 saturated carbocycles. The Hall–Kier alpha value is -3.40. The van der Waals surface area contributed by atoms with Gasteiger partial charge in [-0.15, -0.1) is 23.1 Å². The molecule has 0 bridgehead atoms. The number of amides is 1. The molecule has 4 aromatic rings. The first-order chi connectivity index (χ1) is 17.8. The monoisotopic (exact) mass is 548 g/mol. The quantitative estimate of drug-likeness (QED) is 0.157. The van der Waals surface area contributed by atoms with Crippen LogP contribution in [0.4, 0.5) is 16.5 Å². The van der Waals surface area contributed by atoms with Gasteiger partial charge < -0.3 is 20.7 Å². The molecule has 0 saturated heterocycles. The van der Waals surface area contributed by atoms with Gasteiger partial charge in [0.1, 0.15) is 5.75 Å². The first-order valence-corrected chi connectivity index (χ1v) is 13.8. The average Bonchev–Trinajstić information content (AvgIpc) is 3.24. The number of aromatic nitrogens is 1. The normalized spacial score (nSPS) is 11.5. The first-order valence-electron chi connectivity index (χ1n) is 11.7. The molecular weight excluding hydrogens is 521 g/mol. The summed E-state index contributed by atoms with van der Waals surface area (Å²) in [4.78, 5) is 19.6. The highest BCUT2D eigenvalue weighted by Gasteiger charge is 2.18. The number of anilines is 3. The van der Waals surface area contributed by atoms with E-state index in [2.05, 4.69) is 52.1 Å². The second-order valence-corrected chi connectivity index (χ2v) is 11.4. The van der Waals surface area contributed by atoms with Crippen LogP contribution in [0.3, 0.4) is 0 Å². The molecule has 3 aromatic carbocycles. The molecule has 1 heterocycles. The largest absolute Gasteiger partial charge is 0.495 e. The van der Waals surface area contributed by atoms with Crippen LogP contribution >= 0.6 is 35.3 Å². The van der Waals surface area contributed by atoms with E-state index in [1.807, 2.05) is 62.4 Å². The van der Waals surface area contributed by atoms with Crippen LogP contribution < -0.4 is 20.7 Å². The van der Waals surface area contributed by atoms with Crippen LogP contribution in [0.2, 0.25) is 0 Å². The van der Waals surface area contributed by atoms with Gasteiger partial charge in [0.05, 0.1) is 23.7 Å². The number of carbonyl (C=O) groups excluding carboxylic acids is 1. The van der Waals surface area contributed by atoms with Crippen LogP contribution in [-0.4, -0.2) is 28.4 Å². The molecule has 6 nitrogen and oxygen atoms in total. The molecule has 1 unspecified atom stereocenters. The zero-order valence-electron chi connectivity index (χ0n) is 21.0. The molecule has 1 aromatic heterocycles. The maximum Gasteiger partial charge on any atom is 0.239 e. The summed E-state index contributed by atoms with van der Waals surface area (Å²) in [7, 11) is 1.62. The minimum absolute atomic E-state index is 0.0964. The fourth-order valence-corrected chi connectivity index (χ4v) is 5.57. The summed E-state index contributed by atoms with van der Waals surface area (Å²) < 4.78 is 5.36. The van der Waals surface area contributed by atoms with Gasteiger partial charge in [-0.2, -0.15) is 0 Å². The van der Waals surface area contributed by atoms with Crippen molar-refractivity contribution in [2.75, 3.05) is 23.1 Å². The summed E-state index contributed by atoms with van der Waals surface area (Å²) in [6.45, 7) is 5.96. The Morgan fingerprint density at radius 1 is 1.00 bits per heavy atom. The number of nitrogens with one attached hydrogen (secondary N) is 3. The molecule has 0 aliphatic carbocycles. The van der Waals surface area contributed by atoms with E-state index in [1.54, 1.807) is 7.11 Å². The topological polar surface area (TPSA) is 75.3 Å². The van der Waals surface area contributed by atoms with Crippen molar-refractivity contribution in [1.29, 1.82) is 0 Å². The van der Waals surface area contributed by atoms with E-state index >= 15 is 0 Å². The lowest BCUT2D eigenvalue weighted by Crippen LogP contribution is -2.22. The molecule has 0 spiro atoms. The SMILES string of the molecule is COc1ccccc1NC(=S)Nc1cccc(SC(C)C(=O)Nc2nc(-c3ccc(C)cc3)c(C)s2)c1. The Balaban J connectivity index is 1.36. The zero-order chi connectivity index (χ0) is 26.4. The van der Waals surface area contributed by atoms with Crippen molar-refractivity contribution in [2.24, 2.45) is 0 Å². The third-order valence-electron chi connectivity index (χ3n) is 5.48. The maximum absolute atomic E-state index is 12.9. The predicted octanol–water partition coefficient (Wildman–Crippen LogP) is 7.36. The predicted molar refractivity (Wildman–Crippen MR) is 160 cm³/mol. The zero-order valence-corrected chi connectivity index (χ0v) is 23.4. The number of thiazole rings is 1. The van der Waals surface area contributed by atoms with Crippen LogP contribution in [0.1, 0.15) is 17.4 Å². The Labute approximate surface area is 230 Å². The number of hydrogen-bond acceptors (Lipinski definition) is 6. The lowest BCUT2D eigenvalue weighted by Gasteiger charge is -2.14. The molecule has 9 heteroatoms. The van der Waals surface area contributed by atoms with Crippen LogP contribution in [0.25, 0.3) is 11.3 Å². The number of methoxy groups -OCH3 is 1. The van der Waals surface area contributed by atoms with Gasteiger partial charge in [0.15, 0.2) is 10.2 Å². The molecule has 3 N–H and O–H groups in total. The molecule has 37 heavy (non-hydrogen) atoms. The average molecular weight is 549 g/mol. The van der Waals surface area contributed by atoms with Gasteiger partial charge in [-0.1, -0.05) is 48.0 Å². The standard InChI is InChI=1S/C28H28N4O2S3/c1-17-12-14-20(15-13-17)25-18(2)37-28(31-25)32-26(33)19(3)36-22-9-7-8-21(16-22)29-27(35)30-23-10-5-6-11-24(23)34-4/h5-16,19H,1-4H3,(H2,29,30,35)(H,31,32,33). The van der Waals surface area contributed by atoms with E-state index in [0.717, 1.165) is 32.4 Å². The lowest BCUT2D eigenvalue weighted by atomic mass is 10.1. The van der Waals surface area contributed by atoms with Gasteiger partial charge in [0.2, 0.25) is 5.91 Å². The molecule has 4 rings (SSSR count). The summed E-state index contributed by atoms with van der Waals surface area (Å²) in [5, 5.41) is 10.1. The van der Waals surface area contributed by atoms with E-state index < -0.39 is 0 Å². The van der Waals surface area contributed by atoms with Gasteiger partial charge in [0.25, 0.3) is 0 Å². The van der Waals surface area contributed by atoms with E-state index in [4.69, 9.17) is 17.0 Å². The van der Waals surface area contributed by atoms with E-state index in [1.165, 1.54) is 28.7 Å². The molecule has 0 aliphatic rings. The third kappa shape index (κ3) is 7.09. The Bertz CT molecular complexity index is 1400. The highest BCUT2D eigenvalue weighted by Crippen LogP contribution is 2.32. The highest BCUT2D eigenvalue weighted by atomic mass is 32.2. The minimum atomic E-state index is -0.319. The highest BCUT2D eigenvalue weighted by molar-refractivity contribution is 8.00. The number of para-hydroxylation sites is 2. The van der Waals surface area contributed by atoms with Crippen molar-refractivity contribution < 1.29 is 9.53 Å². The van der Waals surface area contributed by atoms with E-state index in [9.17, 15) is 4.79 Å². The van der Waals surface area contributed by atoms with Gasteiger partial charge >= 0.3 is 0 Å². The number of nitrogens with zero attached hydrogens (tertiary/aromatic N) is 1. The summed E-state index contributed by atoms with van der Waals surface area (Å²) in [5.74, 6) is 0.609. The Morgan fingerprint density at radius 2 is 1.76 bits per heavy atom. The maximum atomic E-state index is 12.9. The summed E-state index contributed by atoms with van der Waals surface area (Å²) in [6, 6.07) is 23.6. The number of thiocarbonyl (C=S) groups is 1. The first kappa shape index (κ1) is 26.7. The summed E-state index contributed by atoms with van der Waals surface area (Å²) >= 11 is 8.43.